The minimum Gasteiger partial charge on any atom is -0.480 e. The van der Waals surface area contributed by atoms with Gasteiger partial charge in [0.05, 0.1) is 0 Å². The van der Waals surface area contributed by atoms with Gasteiger partial charge in [-0.05, 0) is 51.1 Å². The number of aromatic amines is 1. The van der Waals surface area contributed by atoms with Crippen molar-refractivity contribution in [2.24, 2.45) is 0 Å². The summed E-state index contributed by atoms with van der Waals surface area (Å²) in [6, 6.07) is 8.68. The summed E-state index contributed by atoms with van der Waals surface area (Å²) >= 11 is 0. The summed E-state index contributed by atoms with van der Waals surface area (Å²) < 4.78 is 5.13. The Kier molecular flexibility index (Phi) is 6.02. The van der Waals surface area contributed by atoms with Crippen molar-refractivity contribution < 1.29 is 19.4 Å². The number of aromatic nitrogens is 1. The number of fused-ring (bicyclic) bond motifs is 1. The molecule has 1 aliphatic heterocycles. The fourth-order valence-electron chi connectivity index (χ4n) is 2.70. The van der Waals surface area contributed by atoms with E-state index in [-0.39, 0.29) is 5.56 Å². The van der Waals surface area contributed by atoms with Crippen molar-refractivity contribution in [2.45, 2.75) is 45.3 Å². The van der Waals surface area contributed by atoms with Gasteiger partial charge in [0, 0.05) is 18.1 Å². The summed E-state index contributed by atoms with van der Waals surface area (Å²) in [6.07, 6.45) is 2.35. The zero-order chi connectivity index (χ0) is 19.3. The maximum atomic E-state index is 11.6. The molecule has 0 spiro atoms. The highest BCUT2D eigenvalue weighted by molar-refractivity contribution is 5.81. The minimum absolute atomic E-state index is 0.0249. The lowest BCUT2D eigenvalue weighted by atomic mass is 10.2. The van der Waals surface area contributed by atoms with Crippen LogP contribution in [0.2, 0.25) is 0 Å². The molecule has 1 saturated heterocycles. The number of ether oxygens (including phenoxy) is 1. The maximum absolute atomic E-state index is 11.6. The first kappa shape index (κ1) is 19.5. The predicted octanol–water partition coefficient (Wildman–Crippen LogP) is 3.00. The van der Waals surface area contributed by atoms with E-state index in [0.717, 1.165) is 17.2 Å². The fraction of sp³-hybridized carbons (Fsp3) is 0.421. The van der Waals surface area contributed by atoms with Gasteiger partial charge < -0.3 is 14.8 Å². The van der Waals surface area contributed by atoms with Crippen LogP contribution in [0, 0.1) is 0 Å². The summed E-state index contributed by atoms with van der Waals surface area (Å²) in [4.78, 5) is 37.5. The van der Waals surface area contributed by atoms with Crippen LogP contribution in [0.25, 0.3) is 10.8 Å². The number of aliphatic carboxylic acids is 1. The van der Waals surface area contributed by atoms with Crippen molar-refractivity contribution in [3.05, 3.63) is 46.9 Å². The van der Waals surface area contributed by atoms with Crippen LogP contribution >= 0.6 is 0 Å². The molecule has 2 N–H and O–H groups in total. The number of nitrogens with one attached hydrogen (secondary N) is 1. The van der Waals surface area contributed by atoms with Crippen molar-refractivity contribution in [3.63, 3.8) is 0 Å². The van der Waals surface area contributed by atoms with E-state index in [1.807, 2.05) is 30.3 Å². The normalized spacial score (nSPS) is 16.7. The molecule has 0 saturated carbocycles. The summed E-state index contributed by atoms with van der Waals surface area (Å²) in [6.45, 7) is 5.75. The van der Waals surface area contributed by atoms with Crippen molar-refractivity contribution in [2.75, 3.05) is 6.54 Å². The molecule has 140 valence electrons. The monoisotopic (exact) mass is 360 g/mol. The number of pyridine rings is 1. The zero-order valence-electron chi connectivity index (χ0n) is 15.2. The van der Waals surface area contributed by atoms with Crippen LogP contribution in [-0.4, -0.2) is 45.2 Å². The first-order valence-electron chi connectivity index (χ1n) is 8.48. The third-order valence-corrected chi connectivity index (χ3v) is 3.85. The van der Waals surface area contributed by atoms with Gasteiger partial charge in [0.1, 0.15) is 11.6 Å². The number of carbonyl (C=O) groups is 2. The second kappa shape index (κ2) is 8.03. The van der Waals surface area contributed by atoms with E-state index in [9.17, 15) is 14.4 Å². The van der Waals surface area contributed by atoms with E-state index >= 15 is 0 Å². The quantitative estimate of drug-likeness (QED) is 0.814. The van der Waals surface area contributed by atoms with Gasteiger partial charge in [-0.25, -0.2) is 9.59 Å². The molecule has 0 radical (unpaired) electrons. The molecule has 1 aromatic heterocycles. The van der Waals surface area contributed by atoms with Crippen LogP contribution in [0.5, 0.6) is 0 Å². The van der Waals surface area contributed by atoms with E-state index in [2.05, 4.69) is 4.98 Å². The van der Waals surface area contributed by atoms with Crippen LogP contribution in [-0.2, 0) is 9.53 Å². The van der Waals surface area contributed by atoms with Crippen molar-refractivity contribution in [3.8, 4) is 0 Å². The second-order valence-electron chi connectivity index (χ2n) is 7.06. The molecule has 1 aromatic carbocycles. The minimum atomic E-state index is -0.960. The number of hydrogen-bond acceptors (Lipinski definition) is 4. The molecular weight excluding hydrogens is 336 g/mol. The lowest BCUT2D eigenvalue weighted by Crippen LogP contribution is -2.43. The first-order chi connectivity index (χ1) is 12.2. The van der Waals surface area contributed by atoms with Crippen molar-refractivity contribution >= 4 is 22.8 Å². The van der Waals surface area contributed by atoms with Gasteiger partial charge in [-0.3, -0.25) is 9.69 Å². The topological polar surface area (TPSA) is 99.7 Å². The number of carbonyl (C=O) groups excluding carboxylic acids is 1. The summed E-state index contributed by atoms with van der Waals surface area (Å²) in [5, 5.41) is 10.6. The molecule has 1 unspecified atom stereocenters. The second-order valence-corrected chi connectivity index (χ2v) is 7.06. The third-order valence-electron chi connectivity index (χ3n) is 3.85. The fourth-order valence-corrected chi connectivity index (χ4v) is 2.70. The predicted molar refractivity (Wildman–Crippen MR) is 98.2 cm³/mol. The number of amides is 1. The Bertz CT molecular complexity index is 832. The Morgan fingerprint density at radius 2 is 1.92 bits per heavy atom. The number of nitrogens with zero attached hydrogens (tertiary/aromatic N) is 1. The third kappa shape index (κ3) is 5.08. The Morgan fingerprint density at radius 1 is 1.23 bits per heavy atom. The molecular formula is C19H24N2O5. The standard InChI is InChI=1S/C10H17NO4.C9H7NO/c1-10(2,3)15-9(14)11-6-4-5-7(11)8(12)13;11-9-8-4-2-1-3-7(8)5-6-10-9/h7H,4-6H2,1-3H3,(H,12,13);1-6H,(H,10,11). The first-order valence-corrected chi connectivity index (χ1v) is 8.48. The Morgan fingerprint density at radius 3 is 2.54 bits per heavy atom. The van der Waals surface area contributed by atoms with Crippen LogP contribution in [0.3, 0.4) is 0 Å². The summed E-state index contributed by atoms with van der Waals surface area (Å²) in [5.41, 5.74) is -0.606. The zero-order valence-corrected chi connectivity index (χ0v) is 15.2. The van der Waals surface area contributed by atoms with E-state index in [1.54, 1.807) is 27.0 Å². The van der Waals surface area contributed by atoms with Gasteiger partial charge in [0.15, 0.2) is 0 Å². The Balaban J connectivity index is 0.000000195. The molecule has 2 aromatic rings. The Labute approximate surface area is 151 Å². The van der Waals surface area contributed by atoms with E-state index < -0.39 is 23.7 Å². The molecule has 2 heterocycles. The van der Waals surface area contributed by atoms with E-state index in [1.165, 1.54) is 4.90 Å². The highest BCUT2D eigenvalue weighted by Crippen LogP contribution is 2.20. The van der Waals surface area contributed by atoms with E-state index in [0.29, 0.717) is 13.0 Å². The van der Waals surface area contributed by atoms with Crippen molar-refractivity contribution in [1.82, 2.24) is 9.88 Å². The molecule has 1 aliphatic rings. The molecule has 26 heavy (non-hydrogen) atoms. The number of rotatable bonds is 1. The maximum Gasteiger partial charge on any atom is 0.411 e. The van der Waals surface area contributed by atoms with Gasteiger partial charge in [-0.2, -0.15) is 0 Å². The molecule has 0 bridgehead atoms. The molecule has 1 atom stereocenters. The van der Waals surface area contributed by atoms with Crippen LogP contribution in [0.1, 0.15) is 33.6 Å². The van der Waals surface area contributed by atoms with Gasteiger partial charge >= 0.3 is 12.1 Å². The molecule has 7 heteroatoms. The summed E-state index contributed by atoms with van der Waals surface area (Å²) in [7, 11) is 0. The van der Waals surface area contributed by atoms with Crippen LogP contribution in [0.15, 0.2) is 41.3 Å². The number of H-pyrrole nitrogens is 1. The SMILES string of the molecule is CC(C)(C)OC(=O)N1CCCC1C(=O)O.O=c1[nH]ccc2ccccc12. The number of hydrogen-bond donors (Lipinski definition) is 2. The molecule has 3 rings (SSSR count). The van der Waals surface area contributed by atoms with Crippen LogP contribution in [0.4, 0.5) is 4.79 Å². The number of benzene rings is 1. The average Bonchev–Trinajstić information content (AvgIpc) is 3.04. The average molecular weight is 360 g/mol. The molecule has 1 fully saturated rings. The summed E-state index contributed by atoms with van der Waals surface area (Å²) in [5.74, 6) is -0.960. The van der Waals surface area contributed by atoms with Crippen LogP contribution < -0.4 is 5.56 Å². The van der Waals surface area contributed by atoms with Gasteiger partial charge in [-0.1, -0.05) is 18.2 Å². The number of likely N-dealkylation sites (tertiary alicyclic amines) is 1. The number of carboxylic acid groups (broad SMARTS) is 1. The lowest BCUT2D eigenvalue weighted by molar-refractivity contribution is -0.142. The largest absolute Gasteiger partial charge is 0.480 e. The molecule has 7 nitrogen and oxygen atoms in total. The van der Waals surface area contributed by atoms with Gasteiger partial charge in [0.2, 0.25) is 0 Å². The highest BCUT2D eigenvalue weighted by Gasteiger charge is 2.36. The Hall–Kier alpha value is -2.83. The lowest BCUT2D eigenvalue weighted by Gasteiger charge is -2.26. The molecule has 0 aliphatic carbocycles. The smallest absolute Gasteiger partial charge is 0.411 e. The number of carboxylic acids is 1. The molecule has 1 amide bonds. The van der Waals surface area contributed by atoms with E-state index in [4.69, 9.17) is 9.84 Å². The van der Waals surface area contributed by atoms with Gasteiger partial charge in [-0.15, -0.1) is 0 Å². The van der Waals surface area contributed by atoms with Gasteiger partial charge in [0.25, 0.3) is 5.56 Å². The highest BCUT2D eigenvalue weighted by atomic mass is 16.6. The van der Waals surface area contributed by atoms with Crippen molar-refractivity contribution in [1.29, 1.82) is 0 Å².